The topological polar surface area (TPSA) is 92.7 Å². The molecule has 2 aromatic heterocycles. The van der Waals surface area contributed by atoms with Crippen LogP contribution in [0.4, 0.5) is 5.82 Å². The lowest BCUT2D eigenvalue weighted by molar-refractivity contribution is -0.115. The van der Waals surface area contributed by atoms with Crippen molar-refractivity contribution in [2.75, 3.05) is 5.32 Å². The molecule has 9 heteroatoms. The maximum Gasteiger partial charge on any atom is 0.344 e. The number of amides is 1. The minimum Gasteiger partial charge on any atom is -0.310 e. The summed E-state index contributed by atoms with van der Waals surface area (Å²) >= 11 is 6.99. The van der Waals surface area contributed by atoms with Crippen LogP contribution in [-0.2, 0) is 4.79 Å². The average Bonchev–Trinajstić information content (AvgIpc) is 3.26. The molecule has 22 heavy (non-hydrogen) atoms. The Kier molecular flexibility index (Phi) is 4.21. The molecule has 1 atom stereocenters. The molecule has 0 bridgehead atoms. The maximum atomic E-state index is 12.2. The minimum absolute atomic E-state index is 0.210. The van der Waals surface area contributed by atoms with Gasteiger partial charge in [-0.3, -0.25) is 9.36 Å². The predicted octanol–water partition coefficient (Wildman–Crippen LogP) is 2.07. The van der Waals surface area contributed by atoms with Gasteiger partial charge in [-0.05, 0) is 31.9 Å². The first-order valence-corrected chi connectivity index (χ1v) is 8.06. The van der Waals surface area contributed by atoms with Gasteiger partial charge in [-0.15, -0.1) is 5.10 Å². The molecule has 1 fully saturated rings. The Balaban J connectivity index is 1.66. The summed E-state index contributed by atoms with van der Waals surface area (Å²) in [6, 6.07) is 3.49. The molecule has 0 saturated heterocycles. The van der Waals surface area contributed by atoms with Gasteiger partial charge in [0.25, 0.3) is 0 Å². The van der Waals surface area contributed by atoms with Crippen molar-refractivity contribution in [2.45, 2.75) is 36.2 Å². The molecule has 0 aromatic carbocycles. The fraction of sp³-hybridized carbons (Fsp3) is 0.385. The molecule has 1 unspecified atom stereocenters. The predicted molar refractivity (Wildman–Crippen MR) is 84.3 cm³/mol. The molecule has 7 nitrogen and oxygen atoms in total. The molecule has 1 amide bonds. The fourth-order valence-corrected chi connectivity index (χ4v) is 2.96. The highest BCUT2D eigenvalue weighted by molar-refractivity contribution is 8.00. The summed E-state index contributed by atoms with van der Waals surface area (Å²) in [7, 11) is 0. The summed E-state index contributed by atoms with van der Waals surface area (Å²) in [5.74, 6) is 0.223. The number of hydrogen-bond donors (Lipinski definition) is 2. The molecular weight excluding hydrogens is 326 g/mol. The van der Waals surface area contributed by atoms with Crippen LogP contribution in [0, 0.1) is 0 Å². The van der Waals surface area contributed by atoms with E-state index in [4.69, 9.17) is 11.6 Å². The second kappa shape index (κ2) is 6.13. The zero-order valence-corrected chi connectivity index (χ0v) is 13.3. The second-order valence-corrected chi connectivity index (χ2v) is 6.77. The standard InChI is InChI=1S/C13H14ClN5O2S/c1-7(11(20)16-10-5-2-8(14)6-15-10)22-13-18-17-12(21)19(13)9-3-4-9/h2,5-7,9H,3-4H2,1H3,(H,17,21)(H,15,16,20). The molecule has 0 radical (unpaired) electrons. The van der Waals surface area contributed by atoms with Crippen LogP contribution in [0.25, 0.3) is 0 Å². The van der Waals surface area contributed by atoms with E-state index in [1.54, 1.807) is 23.6 Å². The third-order valence-electron chi connectivity index (χ3n) is 3.21. The zero-order valence-electron chi connectivity index (χ0n) is 11.7. The normalized spacial score (nSPS) is 15.5. The van der Waals surface area contributed by atoms with Gasteiger partial charge in [-0.1, -0.05) is 23.4 Å². The Labute approximate surface area is 135 Å². The number of hydrogen-bond acceptors (Lipinski definition) is 5. The van der Waals surface area contributed by atoms with Crippen molar-refractivity contribution in [1.29, 1.82) is 0 Å². The monoisotopic (exact) mass is 339 g/mol. The van der Waals surface area contributed by atoms with Gasteiger partial charge in [0.2, 0.25) is 5.91 Å². The lowest BCUT2D eigenvalue weighted by Crippen LogP contribution is -2.24. The first-order valence-electron chi connectivity index (χ1n) is 6.80. The zero-order chi connectivity index (χ0) is 15.7. The maximum absolute atomic E-state index is 12.2. The molecule has 116 valence electrons. The molecule has 2 heterocycles. The van der Waals surface area contributed by atoms with E-state index in [2.05, 4.69) is 20.5 Å². The lowest BCUT2D eigenvalue weighted by Gasteiger charge is -2.11. The van der Waals surface area contributed by atoms with Crippen molar-refractivity contribution in [3.05, 3.63) is 33.8 Å². The summed E-state index contributed by atoms with van der Waals surface area (Å²) in [5.41, 5.74) is -0.225. The number of aromatic nitrogens is 4. The molecule has 1 aliphatic rings. The van der Waals surface area contributed by atoms with Gasteiger partial charge in [0, 0.05) is 12.2 Å². The number of halogens is 1. The van der Waals surface area contributed by atoms with Crippen LogP contribution in [0.1, 0.15) is 25.8 Å². The third kappa shape index (κ3) is 3.33. The van der Waals surface area contributed by atoms with Crippen molar-refractivity contribution < 1.29 is 4.79 Å². The van der Waals surface area contributed by atoms with Gasteiger partial charge in [-0.2, -0.15) is 0 Å². The molecule has 2 N–H and O–H groups in total. The van der Waals surface area contributed by atoms with E-state index in [0.29, 0.717) is 16.0 Å². The lowest BCUT2D eigenvalue weighted by atomic mass is 10.4. The Morgan fingerprint density at radius 1 is 1.55 bits per heavy atom. The quantitative estimate of drug-likeness (QED) is 0.813. The highest BCUT2D eigenvalue weighted by atomic mass is 35.5. The van der Waals surface area contributed by atoms with E-state index in [-0.39, 0.29) is 17.6 Å². The molecule has 0 spiro atoms. The van der Waals surface area contributed by atoms with Crippen LogP contribution < -0.4 is 11.0 Å². The summed E-state index contributed by atoms with van der Waals surface area (Å²) in [4.78, 5) is 27.9. The van der Waals surface area contributed by atoms with E-state index in [1.807, 2.05) is 0 Å². The SMILES string of the molecule is CC(Sc1n[nH]c(=O)n1C1CC1)C(=O)Nc1ccc(Cl)cn1. The number of pyridine rings is 1. The first kappa shape index (κ1) is 15.1. The molecular formula is C13H14ClN5O2S. The Bertz CT molecular complexity index is 738. The molecule has 2 aromatic rings. The number of H-pyrrole nitrogens is 1. The number of nitrogens with one attached hydrogen (secondary N) is 2. The minimum atomic E-state index is -0.412. The Morgan fingerprint density at radius 3 is 2.95 bits per heavy atom. The van der Waals surface area contributed by atoms with E-state index in [0.717, 1.165) is 12.8 Å². The van der Waals surface area contributed by atoms with Gasteiger partial charge >= 0.3 is 5.69 Å². The summed E-state index contributed by atoms with van der Waals surface area (Å²) in [6.07, 6.45) is 3.41. The van der Waals surface area contributed by atoms with Crippen molar-refractivity contribution in [1.82, 2.24) is 19.7 Å². The van der Waals surface area contributed by atoms with Crippen molar-refractivity contribution in [2.24, 2.45) is 0 Å². The molecule has 1 aliphatic carbocycles. The number of thioether (sulfide) groups is 1. The number of carbonyl (C=O) groups is 1. The average molecular weight is 340 g/mol. The summed E-state index contributed by atoms with van der Waals surface area (Å²) in [5, 5.41) is 9.77. The first-order chi connectivity index (χ1) is 10.5. The van der Waals surface area contributed by atoms with Crippen LogP contribution in [-0.4, -0.2) is 30.9 Å². The number of rotatable bonds is 5. The number of nitrogens with zero attached hydrogens (tertiary/aromatic N) is 3. The van der Waals surface area contributed by atoms with E-state index in [1.165, 1.54) is 18.0 Å². The van der Waals surface area contributed by atoms with Gasteiger partial charge in [0.05, 0.1) is 10.3 Å². The van der Waals surface area contributed by atoms with Gasteiger partial charge in [0.15, 0.2) is 5.16 Å². The van der Waals surface area contributed by atoms with Gasteiger partial charge < -0.3 is 5.32 Å². The number of carbonyl (C=O) groups excluding carboxylic acids is 1. The van der Waals surface area contributed by atoms with Crippen LogP contribution in [0.3, 0.4) is 0 Å². The van der Waals surface area contributed by atoms with Gasteiger partial charge in [-0.25, -0.2) is 14.9 Å². The van der Waals surface area contributed by atoms with Crippen LogP contribution in [0.15, 0.2) is 28.3 Å². The molecule has 0 aliphatic heterocycles. The van der Waals surface area contributed by atoms with Gasteiger partial charge in [0.1, 0.15) is 5.82 Å². The van der Waals surface area contributed by atoms with Crippen molar-refractivity contribution >= 4 is 35.1 Å². The van der Waals surface area contributed by atoms with Crippen molar-refractivity contribution in [3.63, 3.8) is 0 Å². The van der Waals surface area contributed by atoms with E-state index in [9.17, 15) is 9.59 Å². The number of anilines is 1. The van der Waals surface area contributed by atoms with Crippen LogP contribution in [0.5, 0.6) is 0 Å². The summed E-state index contributed by atoms with van der Waals surface area (Å²) < 4.78 is 1.62. The van der Waals surface area contributed by atoms with Crippen LogP contribution in [0.2, 0.25) is 5.02 Å². The fourth-order valence-electron chi connectivity index (χ4n) is 1.92. The van der Waals surface area contributed by atoms with E-state index < -0.39 is 5.25 Å². The third-order valence-corrected chi connectivity index (χ3v) is 4.50. The number of aromatic amines is 1. The largest absolute Gasteiger partial charge is 0.344 e. The Morgan fingerprint density at radius 2 is 2.32 bits per heavy atom. The highest BCUT2D eigenvalue weighted by Crippen LogP contribution is 2.36. The highest BCUT2D eigenvalue weighted by Gasteiger charge is 2.30. The van der Waals surface area contributed by atoms with Crippen molar-refractivity contribution in [3.8, 4) is 0 Å². The Hall–Kier alpha value is -1.80. The van der Waals surface area contributed by atoms with Crippen LogP contribution >= 0.6 is 23.4 Å². The smallest absolute Gasteiger partial charge is 0.310 e. The van der Waals surface area contributed by atoms with E-state index >= 15 is 0 Å². The summed E-state index contributed by atoms with van der Waals surface area (Å²) in [6.45, 7) is 1.76. The molecule has 1 saturated carbocycles. The second-order valence-electron chi connectivity index (χ2n) is 5.02. The molecule has 3 rings (SSSR count).